The van der Waals surface area contributed by atoms with Crippen LogP contribution in [0.4, 0.5) is 5.00 Å². The number of amides is 1. The van der Waals surface area contributed by atoms with E-state index in [-0.39, 0.29) is 17.6 Å². The van der Waals surface area contributed by atoms with Gasteiger partial charge in [-0.2, -0.15) is 0 Å². The number of carbonyl (C=O) groups is 2. The fourth-order valence-electron chi connectivity index (χ4n) is 3.13. The number of nitrogens with one attached hydrogen (secondary N) is 1. The molecule has 2 aromatic rings. The van der Waals surface area contributed by atoms with E-state index in [1.807, 2.05) is 24.3 Å². The highest BCUT2D eigenvalue weighted by Crippen LogP contribution is 2.38. The van der Waals surface area contributed by atoms with Gasteiger partial charge < -0.3 is 14.8 Å². The minimum absolute atomic E-state index is 0.127. The Morgan fingerprint density at radius 3 is 2.56 bits per heavy atom. The number of thioether (sulfide) groups is 1. The lowest BCUT2D eigenvalue weighted by atomic mass is 10.1. The first-order valence-electron chi connectivity index (χ1n) is 8.92. The van der Waals surface area contributed by atoms with Gasteiger partial charge in [0.2, 0.25) is 5.91 Å². The summed E-state index contributed by atoms with van der Waals surface area (Å²) in [6, 6.07) is 7.58. The predicted octanol–water partition coefficient (Wildman–Crippen LogP) is 4.54. The molecule has 1 aliphatic rings. The van der Waals surface area contributed by atoms with Gasteiger partial charge in [0.05, 0.1) is 25.5 Å². The number of benzene rings is 1. The number of esters is 1. The molecule has 0 atom stereocenters. The Kier molecular flexibility index (Phi) is 6.79. The van der Waals surface area contributed by atoms with Gasteiger partial charge in [-0.3, -0.25) is 4.79 Å². The van der Waals surface area contributed by atoms with E-state index < -0.39 is 0 Å². The number of hydrogen-bond donors (Lipinski definition) is 1. The number of ether oxygens (including phenoxy) is 2. The van der Waals surface area contributed by atoms with Crippen molar-refractivity contribution < 1.29 is 19.1 Å². The zero-order valence-corrected chi connectivity index (χ0v) is 17.1. The lowest BCUT2D eigenvalue weighted by molar-refractivity contribution is -0.113. The van der Waals surface area contributed by atoms with E-state index in [4.69, 9.17) is 9.47 Å². The van der Waals surface area contributed by atoms with Crippen molar-refractivity contribution in [2.45, 2.75) is 37.0 Å². The van der Waals surface area contributed by atoms with Crippen LogP contribution in [0.25, 0.3) is 0 Å². The number of aryl methyl sites for hydroxylation is 1. The summed E-state index contributed by atoms with van der Waals surface area (Å²) in [5.74, 6) is 0.562. The largest absolute Gasteiger partial charge is 0.497 e. The van der Waals surface area contributed by atoms with Crippen LogP contribution in [0, 0.1) is 0 Å². The van der Waals surface area contributed by atoms with Crippen molar-refractivity contribution in [3.05, 3.63) is 40.3 Å². The summed E-state index contributed by atoms with van der Waals surface area (Å²) in [6.07, 6.45) is 5.18. The zero-order chi connectivity index (χ0) is 19.2. The molecule has 1 amide bonds. The summed E-state index contributed by atoms with van der Waals surface area (Å²) in [6.45, 7) is 0. The minimum Gasteiger partial charge on any atom is -0.497 e. The highest BCUT2D eigenvalue weighted by Gasteiger charge is 2.26. The molecule has 0 unspecified atom stereocenters. The van der Waals surface area contributed by atoms with Crippen LogP contribution in [0.5, 0.6) is 5.75 Å². The normalized spacial score (nSPS) is 13.4. The number of anilines is 1. The van der Waals surface area contributed by atoms with Crippen LogP contribution in [0.3, 0.4) is 0 Å². The van der Waals surface area contributed by atoms with Gasteiger partial charge in [0.1, 0.15) is 10.8 Å². The van der Waals surface area contributed by atoms with Crippen LogP contribution in [0.1, 0.15) is 40.1 Å². The maximum Gasteiger partial charge on any atom is 0.341 e. The highest BCUT2D eigenvalue weighted by molar-refractivity contribution is 8.00. The Labute approximate surface area is 167 Å². The number of thiophene rings is 1. The Morgan fingerprint density at radius 1 is 1.11 bits per heavy atom. The second-order valence-electron chi connectivity index (χ2n) is 6.27. The van der Waals surface area contributed by atoms with Crippen LogP contribution < -0.4 is 10.1 Å². The van der Waals surface area contributed by atoms with Crippen molar-refractivity contribution in [2.75, 3.05) is 25.3 Å². The Morgan fingerprint density at radius 2 is 1.85 bits per heavy atom. The molecule has 0 fully saturated rings. The smallest absolute Gasteiger partial charge is 0.341 e. The molecule has 0 radical (unpaired) electrons. The molecular weight excluding hydrogens is 382 g/mol. The first-order chi connectivity index (χ1) is 13.1. The number of rotatable bonds is 6. The van der Waals surface area contributed by atoms with Gasteiger partial charge >= 0.3 is 5.97 Å². The topological polar surface area (TPSA) is 64.6 Å². The van der Waals surface area contributed by atoms with Crippen molar-refractivity contribution in [2.24, 2.45) is 0 Å². The van der Waals surface area contributed by atoms with Crippen molar-refractivity contribution in [1.82, 2.24) is 0 Å². The van der Waals surface area contributed by atoms with Gasteiger partial charge in [-0.15, -0.1) is 23.1 Å². The first-order valence-corrected chi connectivity index (χ1v) is 10.7. The molecule has 0 saturated carbocycles. The summed E-state index contributed by atoms with van der Waals surface area (Å²) in [7, 11) is 3.01. The molecule has 0 bridgehead atoms. The average molecular weight is 406 g/mol. The van der Waals surface area contributed by atoms with Gasteiger partial charge in [-0.25, -0.2) is 4.79 Å². The van der Waals surface area contributed by atoms with E-state index in [2.05, 4.69) is 5.32 Å². The van der Waals surface area contributed by atoms with Crippen molar-refractivity contribution >= 4 is 40.0 Å². The molecular formula is C20H23NO4S2. The van der Waals surface area contributed by atoms with E-state index in [1.54, 1.807) is 7.11 Å². The molecule has 1 aromatic heterocycles. The Balaban J connectivity index is 1.70. The third kappa shape index (κ3) is 4.84. The summed E-state index contributed by atoms with van der Waals surface area (Å²) < 4.78 is 10.1. The molecule has 1 aromatic carbocycles. The third-order valence-electron chi connectivity index (χ3n) is 4.49. The molecule has 7 heteroatoms. The van der Waals surface area contributed by atoms with Crippen LogP contribution in [0.15, 0.2) is 29.2 Å². The molecule has 0 saturated heterocycles. The molecule has 5 nitrogen and oxygen atoms in total. The summed E-state index contributed by atoms with van der Waals surface area (Å²) in [5, 5.41) is 3.55. The summed E-state index contributed by atoms with van der Waals surface area (Å²) >= 11 is 2.96. The van der Waals surface area contributed by atoms with Crippen molar-refractivity contribution in [3.63, 3.8) is 0 Å². The lowest BCUT2D eigenvalue weighted by Gasteiger charge is -2.08. The maximum atomic E-state index is 12.5. The van der Waals surface area contributed by atoms with Gasteiger partial charge in [0, 0.05) is 9.77 Å². The van der Waals surface area contributed by atoms with Crippen LogP contribution in [0.2, 0.25) is 0 Å². The molecule has 1 aliphatic carbocycles. The number of methoxy groups -OCH3 is 2. The molecule has 0 spiro atoms. The molecule has 27 heavy (non-hydrogen) atoms. The van der Waals surface area contributed by atoms with E-state index in [1.165, 1.54) is 41.5 Å². The van der Waals surface area contributed by atoms with Crippen LogP contribution in [-0.2, 0) is 22.4 Å². The van der Waals surface area contributed by atoms with Crippen LogP contribution >= 0.6 is 23.1 Å². The van der Waals surface area contributed by atoms with Gasteiger partial charge in [-0.05, 0) is 55.5 Å². The summed E-state index contributed by atoms with van der Waals surface area (Å²) in [4.78, 5) is 27.0. The molecule has 0 aliphatic heterocycles. The highest BCUT2D eigenvalue weighted by atomic mass is 32.2. The standard InChI is InChI=1S/C20H23NO4S2/c1-24-13-8-10-14(11-9-13)26-12-17(22)21-19-18(20(23)25-2)15-6-4-3-5-7-16(15)27-19/h8-11H,3-7,12H2,1-2H3,(H,21,22). The SMILES string of the molecule is COC(=O)c1c(NC(=O)CSc2ccc(OC)cc2)sc2c1CCCCC2. The second kappa shape index (κ2) is 9.28. The molecule has 144 valence electrons. The average Bonchev–Trinajstić information content (AvgIpc) is 2.86. The molecule has 3 rings (SSSR count). The zero-order valence-electron chi connectivity index (χ0n) is 15.5. The monoisotopic (exact) mass is 405 g/mol. The second-order valence-corrected chi connectivity index (χ2v) is 8.43. The molecule has 1 heterocycles. The van der Waals surface area contributed by atoms with Gasteiger partial charge in [-0.1, -0.05) is 6.42 Å². The molecule has 1 N–H and O–H groups in total. The van der Waals surface area contributed by atoms with E-state index in [9.17, 15) is 9.59 Å². The number of fused-ring (bicyclic) bond motifs is 1. The number of carbonyl (C=O) groups excluding carboxylic acids is 2. The van der Waals surface area contributed by atoms with Crippen molar-refractivity contribution in [3.8, 4) is 5.75 Å². The number of hydrogen-bond acceptors (Lipinski definition) is 6. The van der Waals surface area contributed by atoms with E-state index >= 15 is 0 Å². The van der Waals surface area contributed by atoms with E-state index in [0.717, 1.165) is 41.9 Å². The summed E-state index contributed by atoms with van der Waals surface area (Å²) in [5.41, 5.74) is 1.60. The predicted molar refractivity (Wildman–Crippen MR) is 109 cm³/mol. The Hall–Kier alpha value is -1.99. The fraction of sp³-hybridized carbons (Fsp3) is 0.400. The van der Waals surface area contributed by atoms with Crippen molar-refractivity contribution in [1.29, 1.82) is 0 Å². The lowest BCUT2D eigenvalue weighted by Crippen LogP contribution is -2.16. The Bertz CT molecular complexity index is 814. The van der Waals surface area contributed by atoms with Gasteiger partial charge in [0.15, 0.2) is 0 Å². The van der Waals surface area contributed by atoms with E-state index in [0.29, 0.717) is 10.6 Å². The quantitative estimate of drug-likeness (QED) is 0.434. The maximum absolute atomic E-state index is 12.5. The fourth-order valence-corrected chi connectivity index (χ4v) is 5.12. The minimum atomic E-state index is -0.368. The first kappa shape index (κ1) is 19.8. The van der Waals surface area contributed by atoms with Gasteiger partial charge in [0.25, 0.3) is 0 Å². The van der Waals surface area contributed by atoms with Crippen LogP contribution in [-0.4, -0.2) is 31.8 Å². The third-order valence-corrected chi connectivity index (χ3v) is 6.71.